The first-order valence-corrected chi connectivity index (χ1v) is 7.61. The van der Waals surface area contributed by atoms with Crippen molar-refractivity contribution >= 4 is 23.0 Å². The molecule has 1 aromatic rings. The van der Waals surface area contributed by atoms with Gasteiger partial charge in [0, 0.05) is 35.1 Å². The molecule has 114 valence electrons. The summed E-state index contributed by atoms with van der Waals surface area (Å²) in [5.74, 6) is 0.420. The van der Waals surface area contributed by atoms with E-state index in [9.17, 15) is 10.1 Å². The Kier molecular flexibility index (Phi) is 3.58. The van der Waals surface area contributed by atoms with Gasteiger partial charge in [-0.05, 0) is 25.0 Å². The zero-order valence-corrected chi connectivity index (χ0v) is 12.9. The van der Waals surface area contributed by atoms with Crippen LogP contribution in [-0.2, 0) is 4.74 Å². The Morgan fingerprint density at radius 1 is 1.48 bits per heavy atom. The number of hydrogen-bond acceptors (Lipinski definition) is 4. The van der Waals surface area contributed by atoms with E-state index in [1.165, 1.54) is 6.07 Å². The Labute approximate surface area is 128 Å². The number of nitrogens with zero attached hydrogens (tertiary/aromatic N) is 1. The summed E-state index contributed by atoms with van der Waals surface area (Å²) in [6, 6.07) is 4.94. The van der Waals surface area contributed by atoms with Crippen LogP contribution in [0.2, 0.25) is 5.02 Å². The lowest BCUT2D eigenvalue weighted by molar-refractivity contribution is -0.384. The average Bonchev–Trinajstić information content (AvgIpc) is 2.45. The van der Waals surface area contributed by atoms with Crippen molar-refractivity contribution in [2.24, 2.45) is 11.3 Å². The van der Waals surface area contributed by atoms with Gasteiger partial charge in [-0.15, -0.1) is 0 Å². The first-order valence-electron chi connectivity index (χ1n) is 7.23. The predicted molar refractivity (Wildman–Crippen MR) is 81.8 cm³/mol. The molecule has 0 bridgehead atoms. The van der Waals surface area contributed by atoms with E-state index in [2.05, 4.69) is 19.2 Å². The van der Waals surface area contributed by atoms with Crippen LogP contribution in [0.4, 0.5) is 11.4 Å². The zero-order valence-electron chi connectivity index (χ0n) is 12.1. The van der Waals surface area contributed by atoms with E-state index in [0.717, 1.165) is 19.4 Å². The zero-order chi connectivity index (χ0) is 15.2. The van der Waals surface area contributed by atoms with E-state index in [1.807, 2.05) is 0 Å². The minimum absolute atomic E-state index is 0.0264. The second kappa shape index (κ2) is 5.14. The fraction of sp³-hybridized carbons (Fsp3) is 0.600. The molecule has 0 radical (unpaired) electrons. The third kappa shape index (κ3) is 2.38. The largest absolute Gasteiger partial charge is 0.377 e. The van der Waals surface area contributed by atoms with Gasteiger partial charge in [0.1, 0.15) is 5.69 Å². The highest BCUT2D eigenvalue weighted by Gasteiger charge is 2.58. The minimum atomic E-state index is -0.394. The SMILES string of the molecule is CC1(C)C(Nc2ccc(Cl)cc2[N+](=O)[O-])C2CCCOC21. The average molecular weight is 311 g/mol. The monoisotopic (exact) mass is 310 g/mol. The van der Waals surface area contributed by atoms with Gasteiger partial charge < -0.3 is 10.1 Å². The number of benzene rings is 1. The molecule has 3 atom stereocenters. The van der Waals surface area contributed by atoms with Crippen LogP contribution < -0.4 is 5.32 Å². The summed E-state index contributed by atoms with van der Waals surface area (Å²) < 4.78 is 5.86. The number of fused-ring (bicyclic) bond motifs is 1. The number of rotatable bonds is 3. The Bertz CT molecular complexity index is 576. The van der Waals surface area contributed by atoms with Crippen LogP contribution in [-0.4, -0.2) is 23.7 Å². The molecule has 3 rings (SSSR count). The molecule has 0 aromatic heterocycles. The molecular formula is C15H19ClN2O3. The Balaban J connectivity index is 1.85. The number of halogens is 1. The lowest BCUT2D eigenvalue weighted by Gasteiger charge is -2.60. The molecule has 1 N–H and O–H groups in total. The van der Waals surface area contributed by atoms with E-state index in [0.29, 0.717) is 16.6 Å². The van der Waals surface area contributed by atoms with Crippen LogP contribution in [0.25, 0.3) is 0 Å². The number of hydrogen-bond donors (Lipinski definition) is 1. The first kappa shape index (κ1) is 14.6. The molecule has 2 fully saturated rings. The molecule has 0 spiro atoms. The maximum atomic E-state index is 11.2. The van der Waals surface area contributed by atoms with Crippen molar-refractivity contribution in [3.8, 4) is 0 Å². The van der Waals surface area contributed by atoms with Gasteiger partial charge in [-0.3, -0.25) is 10.1 Å². The van der Waals surface area contributed by atoms with Crippen molar-refractivity contribution in [1.82, 2.24) is 0 Å². The van der Waals surface area contributed by atoms with E-state index < -0.39 is 4.92 Å². The molecular weight excluding hydrogens is 292 g/mol. The number of anilines is 1. The molecule has 3 unspecified atom stereocenters. The van der Waals surface area contributed by atoms with Crippen molar-refractivity contribution in [3.63, 3.8) is 0 Å². The normalized spacial score (nSPS) is 30.1. The summed E-state index contributed by atoms with van der Waals surface area (Å²) in [4.78, 5) is 10.8. The number of ether oxygens (including phenoxy) is 1. The van der Waals surface area contributed by atoms with Crippen LogP contribution in [0.1, 0.15) is 26.7 Å². The number of nitrogens with one attached hydrogen (secondary N) is 1. The van der Waals surface area contributed by atoms with Gasteiger partial charge in [-0.2, -0.15) is 0 Å². The van der Waals surface area contributed by atoms with Crippen molar-refractivity contribution < 1.29 is 9.66 Å². The molecule has 1 heterocycles. The van der Waals surface area contributed by atoms with Gasteiger partial charge in [-0.25, -0.2) is 0 Å². The molecule has 1 saturated carbocycles. The minimum Gasteiger partial charge on any atom is -0.377 e. The van der Waals surface area contributed by atoms with Crippen LogP contribution in [0, 0.1) is 21.4 Å². The molecule has 21 heavy (non-hydrogen) atoms. The van der Waals surface area contributed by atoms with E-state index >= 15 is 0 Å². The maximum absolute atomic E-state index is 11.2. The molecule has 5 nitrogen and oxygen atoms in total. The number of nitro benzene ring substituents is 1. The van der Waals surface area contributed by atoms with Crippen LogP contribution in [0.15, 0.2) is 18.2 Å². The van der Waals surface area contributed by atoms with Gasteiger partial charge in [-0.1, -0.05) is 25.4 Å². The predicted octanol–water partition coefficient (Wildman–Crippen LogP) is 3.86. The summed E-state index contributed by atoms with van der Waals surface area (Å²) in [5, 5.41) is 14.9. The molecule has 1 saturated heterocycles. The summed E-state index contributed by atoms with van der Waals surface area (Å²) in [6.45, 7) is 5.12. The quantitative estimate of drug-likeness (QED) is 0.680. The topological polar surface area (TPSA) is 64.4 Å². The molecule has 2 aliphatic rings. The fourth-order valence-electron chi connectivity index (χ4n) is 3.76. The third-order valence-corrected chi connectivity index (χ3v) is 5.03. The lowest BCUT2D eigenvalue weighted by atomic mass is 9.55. The molecule has 0 amide bonds. The van der Waals surface area contributed by atoms with Crippen LogP contribution >= 0.6 is 11.6 Å². The Morgan fingerprint density at radius 3 is 2.95 bits per heavy atom. The van der Waals surface area contributed by atoms with Gasteiger partial charge in [0.15, 0.2) is 0 Å². The summed E-state index contributed by atoms with van der Waals surface area (Å²) in [6.07, 6.45) is 2.40. The number of nitro groups is 1. The van der Waals surface area contributed by atoms with Crippen molar-refractivity contribution in [2.45, 2.75) is 38.8 Å². The van der Waals surface area contributed by atoms with Crippen molar-refractivity contribution in [3.05, 3.63) is 33.3 Å². The summed E-state index contributed by atoms with van der Waals surface area (Å²) >= 11 is 5.86. The molecule has 1 aliphatic heterocycles. The van der Waals surface area contributed by atoms with Gasteiger partial charge in [0.2, 0.25) is 0 Å². The van der Waals surface area contributed by atoms with E-state index in [1.54, 1.807) is 12.1 Å². The van der Waals surface area contributed by atoms with Crippen molar-refractivity contribution in [1.29, 1.82) is 0 Å². The summed E-state index contributed by atoms with van der Waals surface area (Å²) in [5.41, 5.74) is 0.531. The standard InChI is InChI=1S/C15H19ClN2O3/c1-15(2)13(10-4-3-7-21-14(10)15)17-11-6-5-9(16)8-12(11)18(19)20/h5-6,8,10,13-14,17H,3-4,7H2,1-2H3. The highest BCUT2D eigenvalue weighted by molar-refractivity contribution is 6.30. The van der Waals surface area contributed by atoms with Crippen molar-refractivity contribution in [2.75, 3.05) is 11.9 Å². The molecule has 1 aromatic carbocycles. The summed E-state index contributed by atoms with van der Waals surface area (Å²) in [7, 11) is 0. The molecule has 1 aliphatic carbocycles. The second-order valence-electron chi connectivity index (χ2n) is 6.46. The lowest BCUT2D eigenvalue weighted by Crippen LogP contribution is -2.67. The maximum Gasteiger partial charge on any atom is 0.293 e. The van der Waals surface area contributed by atoms with Gasteiger partial charge >= 0.3 is 0 Å². The third-order valence-electron chi connectivity index (χ3n) is 4.80. The Hall–Kier alpha value is -1.33. The van der Waals surface area contributed by atoms with Crippen LogP contribution in [0.5, 0.6) is 0 Å². The van der Waals surface area contributed by atoms with Gasteiger partial charge in [0.25, 0.3) is 5.69 Å². The highest BCUT2D eigenvalue weighted by atomic mass is 35.5. The van der Waals surface area contributed by atoms with Crippen LogP contribution in [0.3, 0.4) is 0 Å². The smallest absolute Gasteiger partial charge is 0.293 e. The first-order chi connectivity index (χ1) is 9.91. The van der Waals surface area contributed by atoms with E-state index in [-0.39, 0.29) is 23.2 Å². The van der Waals surface area contributed by atoms with E-state index in [4.69, 9.17) is 16.3 Å². The fourth-order valence-corrected chi connectivity index (χ4v) is 3.93. The second-order valence-corrected chi connectivity index (χ2v) is 6.90. The Morgan fingerprint density at radius 2 is 2.24 bits per heavy atom. The van der Waals surface area contributed by atoms with Gasteiger partial charge in [0.05, 0.1) is 11.0 Å². The molecule has 6 heteroatoms. The highest BCUT2D eigenvalue weighted by Crippen LogP contribution is 2.52.